The fraction of sp³-hybridized carbons (Fsp3) is 0.261. The van der Waals surface area contributed by atoms with Gasteiger partial charge in [0.1, 0.15) is 6.54 Å². The van der Waals surface area contributed by atoms with Gasteiger partial charge in [-0.2, -0.15) is 0 Å². The lowest BCUT2D eigenvalue weighted by Crippen LogP contribution is -2.44. The van der Waals surface area contributed by atoms with Crippen molar-refractivity contribution in [2.45, 2.75) is 29.1 Å². The lowest BCUT2D eigenvalue weighted by Gasteiger charge is -2.27. The summed E-state index contributed by atoms with van der Waals surface area (Å²) in [5.74, 6) is -0.815. The molecule has 176 valence electrons. The van der Waals surface area contributed by atoms with Crippen molar-refractivity contribution in [2.75, 3.05) is 19.6 Å². The zero-order valence-electron chi connectivity index (χ0n) is 17.9. The van der Waals surface area contributed by atoms with Crippen LogP contribution in [0.1, 0.15) is 24.8 Å². The van der Waals surface area contributed by atoms with Crippen molar-refractivity contribution in [3.63, 3.8) is 0 Å². The van der Waals surface area contributed by atoms with Crippen LogP contribution >= 0.6 is 35.1 Å². The van der Waals surface area contributed by atoms with Crippen molar-refractivity contribution in [3.8, 4) is 0 Å². The van der Waals surface area contributed by atoms with E-state index < -0.39 is 16.1 Å². The van der Waals surface area contributed by atoms with Crippen LogP contribution in [0.5, 0.6) is 0 Å². The fourth-order valence-electron chi connectivity index (χ4n) is 3.65. The van der Waals surface area contributed by atoms with Gasteiger partial charge in [0.2, 0.25) is 5.91 Å². The smallest absolute Gasteiger partial charge is 0.294 e. The molecule has 2 aliphatic heterocycles. The molecule has 0 saturated carbocycles. The topological polar surface area (TPSA) is 101 Å². The van der Waals surface area contributed by atoms with Gasteiger partial charge in [-0.05, 0) is 73.0 Å². The molecule has 0 radical (unpaired) electrons. The van der Waals surface area contributed by atoms with E-state index in [0.29, 0.717) is 28.6 Å². The number of hydrogen-bond donors (Lipinski definition) is 0. The van der Waals surface area contributed by atoms with Crippen LogP contribution in [0.4, 0.5) is 10.5 Å². The number of imide groups is 1. The Hall–Kier alpha value is -2.82. The number of likely N-dealkylation sites (tertiary alicyclic amines) is 1. The van der Waals surface area contributed by atoms with E-state index in [2.05, 4.69) is 0 Å². The lowest BCUT2D eigenvalue weighted by molar-refractivity contribution is -0.387. The number of amides is 3. The van der Waals surface area contributed by atoms with Gasteiger partial charge in [0.25, 0.3) is 16.8 Å². The molecule has 2 aliphatic rings. The molecular formula is C23H20ClN3O5S2. The Balaban J connectivity index is 1.51. The minimum absolute atomic E-state index is 0.117. The van der Waals surface area contributed by atoms with E-state index in [4.69, 9.17) is 11.6 Å². The predicted molar refractivity (Wildman–Crippen MR) is 132 cm³/mol. The van der Waals surface area contributed by atoms with Gasteiger partial charge in [-0.25, -0.2) is 0 Å². The maximum atomic E-state index is 12.8. The molecule has 0 spiro atoms. The molecule has 0 unspecified atom stereocenters. The van der Waals surface area contributed by atoms with Crippen LogP contribution in [0.15, 0.2) is 57.2 Å². The van der Waals surface area contributed by atoms with Crippen molar-refractivity contribution in [2.24, 2.45) is 0 Å². The van der Waals surface area contributed by atoms with E-state index >= 15 is 0 Å². The molecule has 4 rings (SSSR count). The summed E-state index contributed by atoms with van der Waals surface area (Å²) in [5.41, 5.74) is 0.299. The Morgan fingerprint density at radius 2 is 1.82 bits per heavy atom. The third kappa shape index (κ3) is 5.63. The van der Waals surface area contributed by atoms with Gasteiger partial charge in [0, 0.05) is 29.1 Å². The summed E-state index contributed by atoms with van der Waals surface area (Å²) in [7, 11) is 0. The molecule has 0 atom stereocenters. The van der Waals surface area contributed by atoms with E-state index in [0.717, 1.165) is 40.8 Å². The van der Waals surface area contributed by atoms with E-state index in [9.17, 15) is 24.5 Å². The van der Waals surface area contributed by atoms with Crippen molar-refractivity contribution in [1.29, 1.82) is 0 Å². The minimum atomic E-state index is -0.567. The molecule has 11 heteroatoms. The molecule has 2 aromatic rings. The molecular weight excluding hydrogens is 498 g/mol. The minimum Gasteiger partial charge on any atom is -0.341 e. The highest BCUT2D eigenvalue weighted by atomic mass is 35.5. The van der Waals surface area contributed by atoms with Gasteiger partial charge in [-0.1, -0.05) is 29.4 Å². The first-order valence-corrected chi connectivity index (χ1v) is 12.6. The number of carbonyl (C=O) groups excluding carboxylic acids is 3. The summed E-state index contributed by atoms with van der Waals surface area (Å²) < 4.78 is 0. The number of piperidine rings is 1. The molecule has 2 saturated heterocycles. The number of thioether (sulfide) groups is 1. The second-order valence-corrected chi connectivity index (χ2v) is 10.3. The summed E-state index contributed by atoms with van der Waals surface area (Å²) in [6.07, 6.45) is 4.34. The van der Waals surface area contributed by atoms with Gasteiger partial charge in [-0.3, -0.25) is 29.4 Å². The average Bonchev–Trinajstić information content (AvgIpc) is 3.09. The quantitative estimate of drug-likeness (QED) is 0.285. The summed E-state index contributed by atoms with van der Waals surface area (Å²) in [6, 6.07) is 11.6. The molecule has 0 aromatic heterocycles. The first-order chi connectivity index (χ1) is 16.3. The highest BCUT2D eigenvalue weighted by Gasteiger charge is 2.37. The average molecular weight is 518 g/mol. The van der Waals surface area contributed by atoms with Crippen LogP contribution in [-0.2, 0) is 9.59 Å². The lowest BCUT2D eigenvalue weighted by atomic mass is 10.1. The van der Waals surface area contributed by atoms with Crippen molar-refractivity contribution >= 4 is 63.9 Å². The normalized spacial score (nSPS) is 17.5. The summed E-state index contributed by atoms with van der Waals surface area (Å²) >= 11 is 7.85. The molecule has 34 heavy (non-hydrogen) atoms. The van der Waals surface area contributed by atoms with Gasteiger partial charge in [-0.15, -0.1) is 0 Å². The number of halogens is 1. The first kappa shape index (κ1) is 24.3. The van der Waals surface area contributed by atoms with Gasteiger partial charge >= 0.3 is 0 Å². The number of rotatable bonds is 6. The molecule has 2 aromatic carbocycles. The second-order valence-electron chi connectivity index (χ2n) is 7.75. The molecule has 2 fully saturated rings. The van der Waals surface area contributed by atoms with E-state index in [1.54, 1.807) is 41.3 Å². The molecule has 0 bridgehead atoms. The highest BCUT2D eigenvalue weighted by Crippen LogP contribution is 2.37. The Morgan fingerprint density at radius 1 is 1.12 bits per heavy atom. The zero-order chi connectivity index (χ0) is 24.2. The predicted octanol–water partition coefficient (Wildman–Crippen LogP) is 5.45. The molecule has 8 nitrogen and oxygen atoms in total. The Morgan fingerprint density at radius 3 is 2.50 bits per heavy atom. The molecule has 2 heterocycles. The first-order valence-electron chi connectivity index (χ1n) is 10.6. The summed E-state index contributed by atoms with van der Waals surface area (Å²) in [5, 5.41) is 11.7. The number of hydrogen-bond acceptors (Lipinski definition) is 7. The Bertz CT molecular complexity index is 1180. The Kier molecular flexibility index (Phi) is 7.60. The van der Waals surface area contributed by atoms with Crippen molar-refractivity contribution in [3.05, 3.63) is 68.1 Å². The van der Waals surface area contributed by atoms with Gasteiger partial charge in [0.05, 0.1) is 14.7 Å². The number of carbonyl (C=O) groups is 3. The van der Waals surface area contributed by atoms with E-state index in [1.807, 2.05) is 0 Å². The SMILES string of the molecule is O=C(CN1C(=O)SC(=Cc2ccc(Sc3ccc(Cl)cc3)c([N+](=O)[O-])c2)C1=O)N1CCCCC1. The van der Waals surface area contributed by atoms with E-state index in [-0.39, 0.29) is 23.0 Å². The summed E-state index contributed by atoms with van der Waals surface area (Å²) in [4.78, 5) is 52.8. The number of nitro benzene ring substituents is 1. The van der Waals surface area contributed by atoms with Crippen LogP contribution in [0.3, 0.4) is 0 Å². The highest BCUT2D eigenvalue weighted by molar-refractivity contribution is 8.18. The number of nitro groups is 1. The van der Waals surface area contributed by atoms with Gasteiger partial charge in [0.15, 0.2) is 0 Å². The maximum absolute atomic E-state index is 12.8. The third-order valence-corrected chi connectivity index (χ3v) is 7.63. The maximum Gasteiger partial charge on any atom is 0.294 e. The second kappa shape index (κ2) is 10.6. The van der Waals surface area contributed by atoms with Gasteiger partial charge < -0.3 is 4.90 Å². The van der Waals surface area contributed by atoms with Crippen LogP contribution in [0.2, 0.25) is 5.02 Å². The third-order valence-electron chi connectivity index (χ3n) is 5.39. The van der Waals surface area contributed by atoms with Crippen LogP contribution in [0.25, 0.3) is 6.08 Å². The largest absolute Gasteiger partial charge is 0.341 e. The van der Waals surface area contributed by atoms with Crippen LogP contribution < -0.4 is 0 Å². The summed E-state index contributed by atoms with van der Waals surface area (Å²) in [6.45, 7) is 0.975. The molecule has 3 amide bonds. The Labute approximate surface area is 209 Å². The number of benzene rings is 2. The monoisotopic (exact) mass is 517 g/mol. The standard InChI is InChI=1S/C23H20ClN3O5S2/c24-16-5-7-17(8-6-16)33-19-9-4-15(12-18(19)27(31)32)13-20-22(29)26(23(30)34-20)14-21(28)25-10-2-1-3-11-25/h4-9,12-13H,1-3,10-11,14H2. The van der Waals surface area contributed by atoms with Crippen molar-refractivity contribution in [1.82, 2.24) is 9.80 Å². The molecule has 0 aliphatic carbocycles. The van der Waals surface area contributed by atoms with Crippen LogP contribution in [0, 0.1) is 10.1 Å². The fourth-order valence-corrected chi connectivity index (χ4v) is 5.51. The van der Waals surface area contributed by atoms with E-state index in [1.165, 1.54) is 23.9 Å². The van der Waals surface area contributed by atoms with Crippen molar-refractivity contribution < 1.29 is 19.3 Å². The molecule has 0 N–H and O–H groups in total. The number of nitrogens with zero attached hydrogens (tertiary/aromatic N) is 3. The van der Waals surface area contributed by atoms with Crippen LogP contribution in [-0.4, -0.2) is 51.4 Å². The zero-order valence-corrected chi connectivity index (χ0v) is 20.3.